The number of amides is 1. The number of methoxy groups -OCH3 is 1. The van der Waals surface area contributed by atoms with Crippen molar-refractivity contribution in [3.63, 3.8) is 0 Å². The number of carbonyl (C=O) groups is 2. The highest BCUT2D eigenvalue weighted by atomic mass is 19.4. The molecule has 0 radical (unpaired) electrons. The molecule has 0 atom stereocenters. The molecule has 9 heteroatoms. The van der Waals surface area contributed by atoms with Gasteiger partial charge in [-0.2, -0.15) is 22.0 Å². The number of hydrogen-bond donors (Lipinski definition) is 0. The first-order chi connectivity index (χ1) is 10.0. The monoisotopic (exact) mass is 325 g/mol. The van der Waals surface area contributed by atoms with Crippen LogP contribution in [0.1, 0.15) is 10.4 Å². The molecule has 0 aromatic heterocycles. The van der Waals surface area contributed by atoms with E-state index in [1.54, 1.807) is 0 Å². The van der Waals surface area contributed by atoms with Crippen LogP contribution in [-0.4, -0.2) is 49.4 Å². The van der Waals surface area contributed by atoms with E-state index in [-0.39, 0.29) is 10.5 Å². The average Bonchev–Trinajstić information content (AvgIpc) is 2.45. The molecule has 1 rings (SSSR count). The van der Waals surface area contributed by atoms with E-state index in [1.165, 1.54) is 31.4 Å². The van der Waals surface area contributed by atoms with Crippen molar-refractivity contribution >= 4 is 11.7 Å². The van der Waals surface area contributed by atoms with Gasteiger partial charge in [0, 0.05) is 12.6 Å². The van der Waals surface area contributed by atoms with Crippen LogP contribution in [0.2, 0.25) is 0 Å². The number of nitrogens with zero attached hydrogens (tertiary/aromatic N) is 1. The molecular weight excluding hydrogens is 313 g/mol. The molecule has 0 spiro atoms. The number of alkyl halides is 5. The average molecular weight is 325 g/mol. The van der Waals surface area contributed by atoms with Crippen LogP contribution in [0.15, 0.2) is 24.3 Å². The largest absolute Gasteiger partial charge is 0.497 e. The Bertz CT molecular complexity index is 571. The Morgan fingerprint density at radius 1 is 1.18 bits per heavy atom. The van der Waals surface area contributed by atoms with E-state index >= 15 is 0 Å². The van der Waals surface area contributed by atoms with Gasteiger partial charge in [0.1, 0.15) is 5.75 Å². The van der Waals surface area contributed by atoms with Crippen molar-refractivity contribution in [3.8, 4) is 5.75 Å². The number of hydrogen-bond acceptors (Lipinski definition) is 3. The Hall–Kier alpha value is -2.19. The molecule has 4 nitrogen and oxygen atoms in total. The SMILES string of the molecule is COc1cccc(C(=O)CN(C)C(=O)C(F)(F)C(F)(F)F)c1. The van der Waals surface area contributed by atoms with Crippen LogP contribution in [-0.2, 0) is 4.79 Å². The van der Waals surface area contributed by atoms with Gasteiger partial charge in [0.05, 0.1) is 13.7 Å². The third-order valence-electron chi connectivity index (χ3n) is 2.74. The van der Waals surface area contributed by atoms with Gasteiger partial charge in [0.2, 0.25) is 0 Å². The van der Waals surface area contributed by atoms with E-state index in [0.717, 1.165) is 0 Å². The number of ketones is 1. The maximum absolute atomic E-state index is 12.9. The summed E-state index contributed by atoms with van der Waals surface area (Å²) in [6.45, 7) is -0.919. The molecule has 22 heavy (non-hydrogen) atoms. The summed E-state index contributed by atoms with van der Waals surface area (Å²) in [4.78, 5) is 23.0. The van der Waals surface area contributed by atoms with Crippen molar-refractivity contribution in [1.82, 2.24) is 4.90 Å². The summed E-state index contributed by atoms with van der Waals surface area (Å²) in [5.41, 5.74) is 0.0225. The van der Waals surface area contributed by atoms with Gasteiger partial charge in [0.25, 0.3) is 0 Å². The molecule has 0 unspecified atom stereocenters. The standard InChI is InChI=1S/C13H12F5NO3/c1-19(11(21)12(14,15)13(16,17)18)7-10(20)8-4-3-5-9(6-8)22-2/h3-6H,7H2,1-2H3. The van der Waals surface area contributed by atoms with Gasteiger partial charge in [0.15, 0.2) is 5.78 Å². The first kappa shape index (κ1) is 17.9. The molecule has 1 aromatic rings. The van der Waals surface area contributed by atoms with Crippen molar-refractivity contribution in [2.45, 2.75) is 12.1 Å². The number of likely N-dealkylation sites (N-methyl/N-ethyl adjacent to an activating group) is 1. The van der Waals surface area contributed by atoms with E-state index in [2.05, 4.69) is 0 Å². The molecule has 1 amide bonds. The molecule has 0 fully saturated rings. The first-order valence-corrected chi connectivity index (χ1v) is 5.88. The maximum Gasteiger partial charge on any atom is 0.463 e. The van der Waals surface area contributed by atoms with E-state index in [1.807, 2.05) is 0 Å². The number of benzene rings is 1. The summed E-state index contributed by atoms with van der Waals surface area (Å²) in [6, 6.07) is 5.56. The van der Waals surface area contributed by atoms with Gasteiger partial charge < -0.3 is 9.64 Å². The number of halogens is 5. The second-order valence-corrected chi connectivity index (χ2v) is 4.39. The van der Waals surface area contributed by atoms with Crippen LogP contribution < -0.4 is 4.74 Å². The minimum Gasteiger partial charge on any atom is -0.497 e. The summed E-state index contributed by atoms with van der Waals surface area (Å²) in [6.07, 6.45) is -6.02. The predicted molar refractivity (Wildman–Crippen MR) is 66.0 cm³/mol. The fourth-order valence-electron chi connectivity index (χ4n) is 1.54. The minimum atomic E-state index is -6.02. The Kier molecular flexibility index (Phi) is 5.10. The molecule has 0 aliphatic carbocycles. The highest BCUT2D eigenvalue weighted by molar-refractivity contribution is 6.00. The molecule has 122 valence electrons. The van der Waals surface area contributed by atoms with Crippen molar-refractivity contribution in [1.29, 1.82) is 0 Å². The third-order valence-corrected chi connectivity index (χ3v) is 2.74. The van der Waals surface area contributed by atoms with E-state index in [0.29, 0.717) is 12.8 Å². The lowest BCUT2D eigenvalue weighted by molar-refractivity contribution is -0.273. The number of carbonyl (C=O) groups excluding carboxylic acids is 2. The Morgan fingerprint density at radius 3 is 2.27 bits per heavy atom. The predicted octanol–water partition coefficient (Wildman–Crippen LogP) is 2.53. The van der Waals surface area contributed by atoms with Gasteiger partial charge in [-0.15, -0.1) is 0 Å². The molecule has 0 saturated heterocycles. The van der Waals surface area contributed by atoms with Crippen LogP contribution >= 0.6 is 0 Å². The molecule has 0 heterocycles. The fraction of sp³-hybridized carbons (Fsp3) is 0.385. The van der Waals surface area contributed by atoms with E-state index < -0.39 is 30.3 Å². The third kappa shape index (κ3) is 3.71. The normalized spacial score (nSPS) is 12.0. The lowest BCUT2D eigenvalue weighted by Gasteiger charge is -2.24. The maximum atomic E-state index is 12.9. The second kappa shape index (κ2) is 6.29. The minimum absolute atomic E-state index is 0.0225. The summed E-state index contributed by atoms with van der Waals surface area (Å²) < 4.78 is 67.0. The summed E-state index contributed by atoms with van der Waals surface area (Å²) >= 11 is 0. The van der Waals surface area contributed by atoms with E-state index in [9.17, 15) is 31.5 Å². The number of rotatable bonds is 5. The Morgan fingerprint density at radius 2 is 1.77 bits per heavy atom. The van der Waals surface area contributed by atoms with Crippen molar-refractivity contribution in [3.05, 3.63) is 29.8 Å². The first-order valence-electron chi connectivity index (χ1n) is 5.88. The fourth-order valence-corrected chi connectivity index (χ4v) is 1.54. The number of Topliss-reactive ketones (excluding diaryl/α,β-unsaturated/α-hetero) is 1. The van der Waals surface area contributed by atoms with Gasteiger partial charge in [-0.25, -0.2) is 0 Å². The molecule has 0 bridgehead atoms. The van der Waals surface area contributed by atoms with Gasteiger partial charge >= 0.3 is 18.0 Å². The van der Waals surface area contributed by atoms with Crippen LogP contribution in [0.5, 0.6) is 5.75 Å². The van der Waals surface area contributed by atoms with Gasteiger partial charge in [-0.1, -0.05) is 12.1 Å². The molecular formula is C13H12F5NO3. The lowest BCUT2D eigenvalue weighted by atomic mass is 10.1. The lowest BCUT2D eigenvalue weighted by Crippen LogP contribution is -2.51. The van der Waals surface area contributed by atoms with Crippen LogP contribution in [0.4, 0.5) is 22.0 Å². The summed E-state index contributed by atoms with van der Waals surface area (Å²) in [7, 11) is 2.03. The smallest absolute Gasteiger partial charge is 0.463 e. The Balaban J connectivity index is 2.86. The van der Waals surface area contributed by atoms with Crippen LogP contribution in [0.25, 0.3) is 0 Å². The zero-order valence-corrected chi connectivity index (χ0v) is 11.6. The molecule has 0 aliphatic heterocycles. The molecule has 0 aliphatic rings. The van der Waals surface area contributed by atoms with Crippen molar-refractivity contribution < 1.29 is 36.3 Å². The zero-order valence-electron chi connectivity index (χ0n) is 11.6. The summed E-state index contributed by atoms with van der Waals surface area (Å²) in [5.74, 6) is -8.53. The van der Waals surface area contributed by atoms with Gasteiger partial charge in [-0.3, -0.25) is 9.59 Å². The second-order valence-electron chi connectivity index (χ2n) is 4.39. The van der Waals surface area contributed by atoms with Crippen LogP contribution in [0, 0.1) is 0 Å². The van der Waals surface area contributed by atoms with Gasteiger partial charge in [-0.05, 0) is 12.1 Å². The number of ether oxygens (including phenoxy) is 1. The molecule has 1 aromatic carbocycles. The van der Waals surface area contributed by atoms with E-state index in [4.69, 9.17) is 4.74 Å². The molecule has 0 N–H and O–H groups in total. The topological polar surface area (TPSA) is 46.6 Å². The zero-order chi connectivity index (χ0) is 17.1. The van der Waals surface area contributed by atoms with Crippen molar-refractivity contribution in [2.24, 2.45) is 0 Å². The highest BCUT2D eigenvalue weighted by Gasteiger charge is 2.64. The quantitative estimate of drug-likeness (QED) is 0.617. The van der Waals surface area contributed by atoms with Crippen LogP contribution in [0.3, 0.4) is 0 Å². The highest BCUT2D eigenvalue weighted by Crippen LogP contribution is 2.36. The van der Waals surface area contributed by atoms with Crippen molar-refractivity contribution in [2.75, 3.05) is 20.7 Å². The summed E-state index contributed by atoms with van der Waals surface area (Å²) in [5, 5.41) is 0. The Labute approximate surface area is 122 Å². The molecule has 0 saturated carbocycles.